The fourth-order valence-corrected chi connectivity index (χ4v) is 1.46. The third-order valence-electron chi connectivity index (χ3n) is 1.94. The first-order chi connectivity index (χ1) is 5.09. The Labute approximate surface area is 65.4 Å². The summed E-state index contributed by atoms with van der Waals surface area (Å²) < 4.78 is 0. The van der Waals surface area contributed by atoms with Crippen molar-refractivity contribution in [3.05, 3.63) is 0 Å². The fraction of sp³-hybridized carbons (Fsp3) is 0.857. The highest BCUT2D eigenvalue weighted by atomic mass is 16.4. The highest BCUT2D eigenvalue weighted by Crippen LogP contribution is 2.14. The predicted octanol–water partition coefficient (Wildman–Crippen LogP) is -1.95. The summed E-state index contributed by atoms with van der Waals surface area (Å²) in [7, 11) is 1.79. The zero-order valence-electron chi connectivity index (χ0n) is 6.49. The first-order valence-corrected chi connectivity index (χ1v) is 3.67. The lowest BCUT2D eigenvalue weighted by Gasteiger charge is -2.33. The van der Waals surface area contributed by atoms with Crippen LogP contribution in [0.4, 0.5) is 0 Å². The van der Waals surface area contributed by atoms with Gasteiger partial charge in [-0.2, -0.15) is 0 Å². The number of aliphatic hydroxyl groups is 1. The molecule has 1 rings (SSSR count). The molecule has 0 bridgehead atoms. The maximum atomic E-state index is 10.4. The molecule has 0 saturated carbocycles. The van der Waals surface area contributed by atoms with Crippen LogP contribution in [0.5, 0.6) is 0 Å². The number of carboxylic acid groups (broad SMARTS) is 1. The second kappa shape index (κ2) is 3.19. The molecule has 11 heavy (non-hydrogen) atoms. The molecule has 1 aliphatic heterocycles. The average Bonchev–Trinajstić information content (AvgIpc) is 1.85. The van der Waals surface area contributed by atoms with Gasteiger partial charge in [0.1, 0.15) is 0 Å². The number of hydrogen-bond acceptors (Lipinski definition) is 4. The third kappa shape index (κ3) is 2.17. The largest absolute Gasteiger partial charge is 0.550 e. The number of carbonyl (C=O) groups excluding carboxylic acids is 1. The molecule has 2 atom stereocenters. The second-order valence-electron chi connectivity index (χ2n) is 3.13. The van der Waals surface area contributed by atoms with Gasteiger partial charge in [-0.15, -0.1) is 0 Å². The third-order valence-corrected chi connectivity index (χ3v) is 1.94. The Bertz CT molecular complexity index is 150. The zero-order valence-corrected chi connectivity index (χ0v) is 6.49. The summed E-state index contributed by atoms with van der Waals surface area (Å²) >= 11 is 0. The van der Waals surface area contributed by atoms with Crippen molar-refractivity contribution in [1.29, 1.82) is 0 Å². The van der Waals surface area contributed by atoms with Crippen LogP contribution in [0.15, 0.2) is 0 Å². The summed E-state index contributed by atoms with van der Waals surface area (Å²) in [5.41, 5.74) is 0. The van der Waals surface area contributed by atoms with E-state index >= 15 is 0 Å². The number of carboxylic acids is 1. The summed E-state index contributed by atoms with van der Waals surface area (Å²) in [6.45, 7) is 1.04. The lowest BCUT2D eigenvalue weighted by molar-refractivity contribution is -0.313. The Morgan fingerprint density at radius 2 is 2.27 bits per heavy atom. The van der Waals surface area contributed by atoms with Crippen LogP contribution in [0.2, 0.25) is 0 Å². The van der Waals surface area contributed by atoms with Crippen molar-refractivity contribution in [2.45, 2.75) is 12.5 Å². The number of rotatable bonds is 1. The molecule has 1 fully saturated rings. The summed E-state index contributed by atoms with van der Waals surface area (Å²) in [6.07, 6.45) is -0.191. The van der Waals surface area contributed by atoms with Crippen LogP contribution in [-0.4, -0.2) is 42.2 Å². The van der Waals surface area contributed by atoms with E-state index in [4.69, 9.17) is 5.11 Å². The molecule has 0 spiro atoms. The van der Waals surface area contributed by atoms with E-state index in [1.807, 2.05) is 0 Å². The summed E-state index contributed by atoms with van der Waals surface area (Å²) in [6, 6.07) is 0. The minimum Gasteiger partial charge on any atom is -0.550 e. The predicted molar refractivity (Wildman–Crippen MR) is 36.6 cm³/mol. The number of likely N-dealkylation sites (N-methyl/N-ethyl adjacent to an activating group) is 1. The van der Waals surface area contributed by atoms with Crippen LogP contribution < -0.4 is 5.11 Å². The van der Waals surface area contributed by atoms with Crippen molar-refractivity contribution in [3.8, 4) is 0 Å². The molecular formula is C7H12NO3-. The minimum atomic E-state index is -1.06. The monoisotopic (exact) mass is 158 g/mol. The number of aliphatic hydroxyl groups excluding tert-OH is 1. The van der Waals surface area contributed by atoms with Crippen molar-refractivity contribution < 1.29 is 15.0 Å². The van der Waals surface area contributed by atoms with E-state index in [0.29, 0.717) is 19.5 Å². The Balaban J connectivity index is 2.49. The lowest BCUT2D eigenvalue weighted by atomic mass is 9.97. The highest BCUT2D eigenvalue weighted by Gasteiger charge is 2.23. The van der Waals surface area contributed by atoms with Crippen molar-refractivity contribution in [3.63, 3.8) is 0 Å². The second-order valence-corrected chi connectivity index (χ2v) is 3.13. The van der Waals surface area contributed by atoms with Crippen molar-refractivity contribution in [1.82, 2.24) is 4.90 Å². The Morgan fingerprint density at radius 3 is 2.73 bits per heavy atom. The van der Waals surface area contributed by atoms with Crippen LogP contribution >= 0.6 is 0 Å². The molecule has 0 radical (unpaired) electrons. The molecule has 0 aromatic heterocycles. The molecule has 1 unspecified atom stereocenters. The van der Waals surface area contributed by atoms with Gasteiger partial charge in [0.05, 0.1) is 6.10 Å². The zero-order chi connectivity index (χ0) is 8.43. The number of nitrogens with zero attached hydrogens (tertiary/aromatic N) is 1. The number of hydrogen-bond donors (Lipinski definition) is 1. The first kappa shape index (κ1) is 8.49. The normalized spacial score (nSPS) is 33.6. The SMILES string of the molecule is CN1CC(C(=O)[O-])C[C@@H](O)C1. The lowest BCUT2D eigenvalue weighted by Crippen LogP contribution is -2.47. The number of likely N-dealkylation sites (tertiary alicyclic amines) is 1. The van der Waals surface area contributed by atoms with Crippen molar-refractivity contribution in [2.75, 3.05) is 20.1 Å². The van der Waals surface area contributed by atoms with Gasteiger partial charge >= 0.3 is 0 Å². The van der Waals surface area contributed by atoms with Gasteiger partial charge in [-0.3, -0.25) is 0 Å². The van der Waals surface area contributed by atoms with Crippen LogP contribution in [0.1, 0.15) is 6.42 Å². The van der Waals surface area contributed by atoms with Gasteiger partial charge in [0.2, 0.25) is 0 Å². The molecule has 1 aliphatic rings. The number of aliphatic carboxylic acids is 1. The van der Waals surface area contributed by atoms with E-state index in [2.05, 4.69) is 0 Å². The van der Waals surface area contributed by atoms with E-state index in [9.17, 15) is 9.90 Å². The van der Waals surface area contributed by atoms with Gasteiger partial charge in [-0.05, 0) is 13.5 Å². The number of carbonyl (C=O) groups is 1. The van der Waals surface area contributed by atoms with E-state index in [-0.39, 0.29) is 0 Å². The smallest absolute Gasteiger partial charge is 0.0673 e. The van der Waals surface area contributed by atoms with E-state index < -0.39 is 18.0 Å². The topological polar surface area (TPSA) is 63.6 Å². The number of piperidine rings is 1. The molecule has 0 aromatic carbocycles. The van der Waals surface area contributed by atoms with Gasteiger partial charge in [0.25, 0.3) is 0 Å². The maximum absolute atomic E-state index is 10.4. The first-order valence-electron chi connectivity index (χ1n) is 3.67. The van der Waals surface area contributed by atoms with Gasteiger partial charge in [-0.1, -0.05) is 0 Å². The number of β-amino-alcohol motifs (C(OH)–C–C–N with tert-alkyl or cyclic N) is 1. The van der Waals surface area contributed by atoms with Gasteiger partial charge in [0, 0.05) is 25.0 Å². The summed E-state index contributed by atoms with van der Waals surface area (Å²) in [4.78, 5) is 12.2. The molecule has 1 saturated heterocycles. The van der Waals surface area contributed by atoms with Crippen LogP contribution in [-0.2, 0) is 4.79 Å². The summed E-state index contributed by atoms with van der Waals surface area (Å²) in [5.74, 6) is -1.57. The van der Waals surface area contributed by atoms with E-state index in [1.165, 1.54) is 0 Å². The fourth-order valence-electron chi connectivity index (χ4n) is 1.46. The van der Waals surface area contributed by atoms with E-state index in [1.54, 1.807) is 11.9 Å². The average molecular weight is 158 g/mol. The molecule has 0 amide bonds. The molecule has 0 aliphatic carbocycles. The van der Waals surface area contributed by atoms with Crippen LogP contribution in [0.3, 0.4) is 0 Å². The Hall–Kier alpha value is -0.610. The van der Waals surface area contributed by atoms with Gasteiger partial charge < -0.3 is 19.9 Å². The van der Waals surface area contributed by atoms with Crippen molar-refractivity contribution >= 4 is 5.97 Å². The summed E-state index contributed by atoms with van der Waals surface area (Å²) in [5, 5.41) is 19.6. The Morgan fingerprint density at radius 1 is 1.64 bits per heavy atom. The molecule has 64 valence electrons. The van der Waals surface area contributed by atoms with Gasteiger partial charge in [-0.25, -0.2) is 0 Å². The van der Waals surface area contributed by atoms with Crippen LogP contribution in [0, 0.1) is 5.92 Å². The molecule has 0 aromatic rings. The quantitative estimate of drug-likeness (QED) is 0.481. The highest BCUT2D eigenvalue weighted by molar-refractivity contribution is 5.68. The van der Waals surface area contributed by atoms with Gasteiger partial charge in [0.15, 0.2) is 0 Å². The minimum absolute atomic E-state index is 0.326. The van der Waals surface area contributed by atoms with Crippen molar-refractivity contribution in [2.24, 2.45) is 5.92 Å². The maximum Gasteiger partial charge on any atom is 0.0673 e. The Kier molecular flexibility index (Phi) is 2.46. The standard InChI is InChI=1S/C7H13NO3/c1-8-3-5(7(10)11)2-6(9)4-8/h5-6,9H,2-4H2,1H3,(H,10,11)/p-1/t5?,6-/m1/s1. The van der Waals surface area contributed by atoms with E-state index in [0.717, 1.165) is 0 Å². The van der Waals surface area contributed by atoms with Crippen LogP contribution in [0.25, 0.3) is 0 Å². The molecule has 1 heterocycles. The molecular weight excluding hydrogens is 146 g/mol. The molecule has 4 nitrogen and oxygen atoms in total. The molecule has 1 N–H and O–H groups in total. The molecule has 4 heteroatoms.